The number of H-pyrrole nitrogens is 1. The second kappa shape index (κ2) is 6.20. The van der Waals surface area contributed by atoms with Crippen molar-refractivity contribution < 1.29 is 19.4 Å². The largest absolute Gasteiger partial charge is 0.508 e. The number of aromatic hydroxyl groups is 2. The summed E-state index contributed by atoms with van der Waals surface area (Å²) in [5, 5.41) is 30.3. The Kier molecular flexibility index (Phi) is 3.73. The van der Waals surface area contributed by atoms with Crippen LogP contribution in [0.25, 0.3) is 22.5 Å². The summed E-state index contributed by atoms with van der Waals surface area (Å²) in [5.41, 5.74) is 1.47. The third-order valence-electron chi connectivity index (χ3n) is 3.78. The molecule has 0 aliphatic heterocycles. The maximum absolute atomic E-state index is 12.1. The summed E-state index contributed by atoms with van der Waals surface area (Å²) in [6, 6.07) is 7.34. The lowest BCUT2D eigenvalue weighted by atomic mass is 10.2. The Bertz CT molecular complexity index is 1100. The Morgan fingerprint density at radius 3 is 2.92 bits per heavy atom. The molecule has 0 aliphatic rings. The van der Waals surface area contributed by atoms with Crippen LogP contribution in [0.15, 0.2) is 47.1 Å². The lowest BCUT2D eigenvalue weighted by molar-refractivity contribution is 0.0944. The normalized spacial score (nSPS) is 10.9. The number of phenols is 2. The van der Waals surface area contributed by atoms with Crippen molar-refractivity contribution in [1.82, 2.24) is 25.5 Å². The van der Waals surface area contributed by atoms with Crippen molar-refractivity contribution in [3.8, 4) is 23.0 Å². The highest BCUT2D eigenvalue weighted by Gasteiger charge is 2.15. The fourth-order valence-electron chi connectivity index (χ4n) is 2.54. The van der Waals surface area contributed by atoms with Gasteiger partial charge in [-0.05, 0) is 24.3 Å². The fourth-order valence-corrected chi connectivity index (χ4v) is 2.54. The minimum atomic E-state index is -0.529. The summed E-state index contributed by atoms with van der Waals surface area (Å²) >= 11 is 0. The van der Waals surface area contributed by atoms with Crippen LogP contribution in [-0.4, -0.2) is 36.3 Å². The zero-order valence-corrected chi connectivity index (χ0v) is 13.3. The molecule has 4 N–H and O–H groups in total. The number of hydrogen-bond donors (Lipinski definition) is 4. The Hall–Kier alpha value is -3.88. The molecule has 0 saturated heterocycles. The molecule has 4 aromatic rings. The Labute approximate surface area is 146 Å². The van der Waals surface area contributed by atoms with Gasteiger partial charge in [0.25, 0.3) is 5.91 Å². The van der Waals surface area contributed by atoms with Crippen LogP contribution in [0.2, 0.25) is 0 Å². The molecule has 0 atom stereocenters. The SMILES string of the molecule is O=C(NCc1nnc(-c2ccnc3[nH]ccc23)o1)c1ccc(O)cc1O. The molecule has 0 radical (unpaired) electrons. The molecule has 0 bridgehead atoms. The number of nitrogens with zero attached hydrogens (tertiary/aromatic N) is 3. The first kappa shape index (κ1) is 15.6. The van der Waals surface area contributed by atoms with Crippen molar-refractivity contribution in [3.05, 3.63) is 54.2 Å². The number of benzene rings is 1. The lowest BCUT2D eigenvalue weighted by Gasteiger charge is -2.05. The highest BCUT2D eigenvalue weighted by atomic mass is 16.4. The molecule has 0 aliphatic carbocycles. The van der Waals surface area contributed by atoms with E-state index in [1.165, 1.54) is 12.1 Å². The van der Waals surface area contributed by atoms with E-state index in [2.05, 4.69) is 25.5 Å². The summed E-state index contributed by atoms with van der Waals surface area (Å²) in [6.45, 7) is -0.00644. The van der Waals surface area contributed by atoms with Gasteiger partial charge in [-0.15, -0.1) is 10.2 Å². The van der Waals surface area contributed by atoms with Gasteiger partial charge in [0.05, 0.1) is 17.7 Å². The van der Waals surface area contributed by atoms with Crippen LogP contribution in [0, 0.1) is 0 Å². The van der Waals surface area contributed by atoms with E-state index in [0.29, 0.717) is 11.5 Å². The van der Waals surface area contributed by atoms with E-state index in [0.717, 1.165) is 17.0 Å². The van der Waals surface area contributed by atoms with E-state index < -0.39 is 5.91 Å². The molecule has 9 heteroatoms. The molecule has 0 spiro atoms. The molecule has 9 nitrogen and oxygen atoms in total. The first-order valence-corrected chi connectivity index (χ1v) is 7.67. The fraction of sp³-hybridized carbons (Fsp3) is 0.0588. The van der Waals surface area contributed by atoms with Gasteiger partial charge in [0.15, 0.2) is 0 Å². The van der Waals surface area contributed by atoms with Crippen molar-refractivity contribution >= 4 is 16.9 Å². The van der Waals surface area contributed by atoms with Crippen molar-refractivity contribution in [2.45, 2.75) is 6.54 Å². The first-order valence-electron chi connectivity index (χ1n) is 7.67. The number of carbonyl (C=O) groups is 1. The van der Waals surface area contributed by atoms with Crippen LogP contribution in [0.5, 0.6) is 11.5 Å². The predicted molar refractivity (Wildman–Crippen MR) is 90.3 cm³/mol. The summed E-state index contributed by atoms with van der Waals surface area (Å²) in [4.78, 5) is 19.3. The van der Waals surface area contributed by atoms with E-state index in [1.54, 1.807) is 18.5 Å². The Balaban J connectivity index is 1.50. The number of carbonyl (C=O) groups excluding carboxylic acids is 1. The molecule has 0 unspecified atom stereocenters. The van der Waals surface area contributed by atoms with Crippen molar-refractivity contribution in [3.63, 3.8) is 0 Å². The first-order chi connectivity index (χ1) is 12.6. The Morgan fingerprint density at radius 1 is 1.19 bits per heavy atom. The maximum atomic E-state index is 12.1. The number of rotatable bonds is 4. The van der Waals surface area contributed by atoms with Gasteiger partial charge < -0.3 is 24.9 Å². The molecular formula is C17H13N5O4. The molecule has 1 aromatic carbocycles. The highest BCUT2D eigenvalue weighted by molar-refractivity contribution is 5.97. The molecule has 4 rings (SSSR count). The molecular weight excluding hydrogens is 338 g/mol. The zero-order valence-electron chi connectivity index (χ0n) is 13.3. The van der Waals surface area contributed by atoms with Crippen LogP contribution >= 0.6 is 0 Å². The summed E-state index contributed by atoms with van der Waals surface area (Å²) < 4.78 is 5.60. The third kappa shape index (κ3) is 2.81. The van der Waals surface area contributed by atoms with Crippen LogP contribution in [0.3, 0.4) is 0 Å². The topological polar surface area (TPSA) is 137 Å². The van der Waals surface area contributed by atoms with E-state index in [1.807, 2.05) is 6.07 Å². The van der Waals surface area contributed by atoms with Crippen molar-refractivity contribution in [2.75, 3.05) is 0 Å². The van der Waals surface area contributed by atoms with Gasteiger partial charge in [0.1, 0.15) is 17.1 Å². The zero-order chi connectivity index (χ0) is 18.1. The van der Waals surface area contributed by atoms with Gasteiger partial charge in [-0.2, -0.15) is 0 Å². The number of hydrogen-bond acceptors (Lipinski definition) is 7. The van der Waals surface area contributed by atoms with Gasteiger partial charge in [0.2, 0.25) is 11.8 Å². The van der Waals surface area contributed by atoms with Crippen molar-refractivity contribution in [2.24, 2.45) is 0 Å². The molecule has 1 amide bonds. The minimum Gasteiger partial charge on any atom is -0.508 e. The molecule has 0 saturated carbocycles. The summed E-state index contributed by atoms with van der Waals surface area (Å²) in [7, 11) is 0. The second-order valence-corrected chi connectivity index (χ2v) is 5.48. The lowest BCUT2D eigenvalue weighted by Crippen LogP contribution is -2.23. The van der Waals surface area contributed by atoms with Crippen LogP contribution in [-0.2, 0) is 6.54 Å². The van der Waals surface area contributed by atoms with E-state index in [4.69, 9.17) is 4.42 Å². The third-order valence-corrected chi connectivity index (χ3v) is 3.78. The number of aromatic amines is 1. The van der Waals surface area contributed by atoms with Crippen LogP contribution in [0.4, 0.5) is 0 Å². The molecule has 26 heavy (non-hydrogen) atoms. The van der Waals surface area contributed by atoms with E-state index in [9.17, 15) is 15.0 Å². The number of aromatic nitrogens is 4. The van der Waals surface area contributed by atoms with Gasteiger partial charge in [-0.3, -0.25) is 4.79 Å². The smallest absolute Gasteiger partial charge is 0.255 e. The number of phenolic OH excluding ortho intramolecular Hbond substituents is 2. The van der Waals surface area contributed by atoms with Crippen LogP contribution in [0.1, 0.15) is 16.2 Å². The monoisotopic (exact) mass is 351 g/mol. The average Bonchev–Trinajstić information content (AvgIpc) is 3.28. The number of pyridine rings is 1. The minimum absolute atomic E-state index is 0.00644. The van der Waals surface area contributed by atoms with Gasteiger partial charge in [-0.25, -0.2) is 4.98 Å². The average molecular weight is 351 g/mol. The molecule has 130 valence electrons. The Morgan fingerprint density at radius 2 is 2.08 bits per heavy atom. The molecule has 3 aromatic heterocycles. The van der Waals surface area contributed by atoms with Gasteiger partial charge in [-0.1, -0.05) is 0 Å². The standard InChI is InChI=1S/C17H13N5O4/c23-9-1-2-12(13(24)7-9)16(25)20-8-14-21-22-17(26-14)11-4-6-19-15-10(11)3-5-18-15/h1-7,23-24H,8H2,(H,18,19)(H,20,25). The van der Waals surface area contributed by atoms with E-state index >= 15 is 0 Å². The van der Waals surface area contributed by atoms with Gasteiger partial charge >= 0.3 is 0 Å². The number of nitrogens with one attached hydrogen (secondary N) is 2. The van der Waals surface area contributed by atoms with Gasteiger partial charge in [0, 0.05) is 23.8 Å². The number of amides is 1. The van der Waals surface area contributed by atoms with Crippen molar-refractivity contribution in [1.29, 1.82) is 0 Å². The quantitative estimate of drug-likeness (QED) is 0.441. The number of fused-ring (bicyclic) bond motifs is 1. The summed E-state index contributed by atoms with van der Waals surface area (Å²) in [6.07, 6.45) is 3.40. The molecule has 3 heterocycles. The summed E-state index contributed by atoms with van der Waals surface area (Å²) in [5.74, 6) is -0.450. The second-order valence-electron chi connectivity index (χ2n) is 5.48. The van der Waals surface area contributed by atoms with Crippen LogP contribution < -0.4 is 5.32 Å². The maximum Gasteiger partial charge on any atom is 0.255 e. The molecule has 0 fully saturated rings. The van der Waals surface area contributed by atoms with E-state index in [-0.39, 0.29) is 29.5 Å². The highest BCUT2D eigenvalue weighted by Crippen LogP contribution is 2.26. The predicted octanol–water partition coefficient (Wildman–Crippen LogP) is 1.95.